The van der Waals surface area contributed by atoms with Crippen LogP contribution < -0.4 is 5.73 Å². The summed E-state index contributed by atoms with van der Waals surface area (Å²) in [5, 5.41) is 0. The van der Waals surface area contributed by atoms with Crippen LogP contribution in [0.2, 0.25) is 0 Å². The molecule has 1 saturated heterocycles. The molecule has 2 atom stereocenters. The van der Waals surface area contributed by atoms with E-state index in [0.29, 0.717) is 32.1 Å². The molecule has 0 radical (unpaired) electrons. The average molecular weight is 263 g/mol. The van der Waals surface area contributed by atoms with Crippen molar-refractivity contribution in [2.75, 3.05) is 33.2 Å². The summed E-state index contributed by atoms with van der Waals surface area (Å²) in [5.74, 6) is 0.649. The van der Waals surface area contributed by atoms with E-state index in [1.54, 1.807) is 11.4 Å². The maximum atomic E-state index is 12.3. The Morgan fingerprint density at radius 1 is 1.53 bits per heavy atom. The van der Waals surface area contributed by atoms with Gasteiger partial charge in [-0.2, -0.15) is 17.0 Å². The summed E-state index contributed by atoms with van der Waals surface area (Å²) >= 11 is 0. The quantitative estimate of drug-likeness (QED) is 0.785. The van der Waals surface area contributed by atoms with E-state index in [1.165, 1.54) is 4.31 Å². The highest BCUT2D eigenvalue weighted by Gasteiger charge is 2.30. The van der Waals surface area contributed by atoms with Crippen molar-refractivity contribution in [1.29, 1.82) is 0 Å². The van der Waals surface area contributed by atoms with Gasteiger partial charge < -0.3 is 5.73 Å². The minimum Gasteiger partial charge on any atom is -0.330 e. The average Bonchev–Trinajstić information content (AvgIpc) is 2.28. The van der Waals surface area contributed by atoms with Gasteiger partial charge in [0.15, 0.2) is 0 Å². The van der Waals surface area contributed by atoms with Crippen LogP contribution in [0.5, 0.6) is 0 Å². The Hall–Kier alpha value is -0.170. The minimum absolute atomic E-state index is 0.192. The summed E-state index contributed by atoms with van der Waals surface area (Å²) in [4.78, 5) is 0. The van der Waals surface area contributed by atoms with E-state index in [0.717, 1.165) is 12.8 Å². The van der Waals surface area contributed by atoms with Gasteiger partial charge in [0.2, 0.25) is 0 Å². The predicted molar refractivity (Wildman–Crippen MR) is 69.7 cm³/mol. The highest BCUT2D eigenvalue weighted by molar-refractivity contribution is 7.86. The van der Waals surface area contributed by atoms with E-state index < -0.39 is 10.2 Å². The largest absolute Gasteiger partial charge is 0.330 e. The number of hydrogen-bond donors (Lipinski definition) is 1. The zero-order valence-electron chi connectivity index (χ0n) is 11.1. The molecule has 0 aromatic heterocycles. The van der Waals surface area contributed by atoms with Crippen LogP contribution in [0.4, 0.5) is 0 Å². The van der Waals surface area contributed by atoms with Gasteiger partial charge in [-0.15, -0.1) is 0 Å². The second kappa shape index (κ2) is 6.13. The lowest BCUT2D eigenvalue weighted by Crippen LogP contribution is -2.47. The maximum absolute atomic E-state index is 12.3. The fourth-order valence-corrected chi connectivity index (χ4v) is 3.80. The molecule has 102 valence electrons. The van der Waals surface area contributed by atoms with Crippen LogP contribution in [0.1, 0.15) is 26.7 Å². The van der Waals surface area contributed by atoms with E-state index in [-0.39, 0.29) is 5.92 Å². The zero-order chi connectivity index (χ0) is 13.1. The first-order chi connectivity index (χ1) is 7.87. The van der Waals surface area contributed by atoms with E-state index in [1.807, 2.05) is 6.92 Å². The van der Waals surface area contributed by atoms with Gasteiger partial charge in [0.25, 0.3) is 10.2 Å². The van der Waals surface area contributed by atoms with Gasteiger partial charge in [0.05, 0.1) is 0 Å². The first-order valence-electron chi connectivity index (χ1n) is 6.29. The molecule has 17 heavy (non-hydrogen) atoms. The van der Waals surface area contributed by atoms with Gasteiger partial charge in [-0.1, -0.05) is 13.8 Å². The molecule has 2 unspecified atom stereocenters. The molecule has 0 bridgehead atoms. The summed E-state index contributed by atoms with van der Waals surface area (Å²) in [7, 11) is -1.65. The Labute approximate surface area is 105 Å². The lowest BCUT2D eigenvalue weighted by molar-refractivity contribution is 0.259. The Morgan fingerprint density at radius 3 is 2.71 bits per heavy atom. The van der Waals surface area contributed by atoms with Crippen LogP contribution in [0, 0.1) is 11.8 Å². The van der Waals surface area contributed by atoms with Gasteiger partial charge in [-0.25, -0.2) is 0 Å². The molecule has 0 aromatic rings. The molecule has 1 fully saturated rings. The van der Waals surface area contributed by atoms with Crippen molar-refractivity contribution in [3.05, 3.63) is 0 Å². The Balaban J connectivity index is 2.66. The van der Waals surface area contributed by atoms with Crippen molar-refractivity contribution in [3.63, 3.8) is 0 Å². The lowest BCUT2D eigenvalue weighted by atomic mass is 10.0. The molecule has 5 nitrogen and oxygen atoms in total. The minimum atomic E-state index is -3.29. The van der Waals surface area contributed by atoms with Gasteiger partial charge in [0, 0.05) is 26.7 Å². The molecule has 1 aliphatic rings. The van der Waals surface area contributed by atoms with E-state index in [2.05, 4.69) is 6.92 Å². The van der Waals surface area contributed by atoms with Gasteiger partial charge in [-0.3, -0.25) is 0 Å². The number of nitrogens with two attached hydrogens (primary N) is 1. The van der Waals surface area contributed by atoms with Crippen molar-refractivity contribution in [2.45, 2.75) is 26.7 Å². The highest BCUT2D eigenvalue weighted by atomic mass is 32.2. The molecule has 0 amide bonds. The Kier molecular flexibility index (Phi) is 5.37. The van der Waals surface area contributed by atoms with Gasteiger partial charge in [-0.05, 0) is 31.2 Å². The van der Waals surface area contributed by atoms with Crippen molar-refractivity contribution < 1.29 is 8.42 Å². The van der Waals surface area contributed by atoms with Crippen molar-refractivity contribution in [3.8, 4) is 0 Å². The monoisotopic (exact) mass is 263 g/mol. The summed E-state index contributed by atoms with van der Waals surface area (Å²) in [6.45, 7) is 6.35. The molecule has 6 heteroatoms. The van der Waals surface area contributed by atoms with Gasteiger partial charge in [0.1, 0.15) is 0 Å². The van der Waals surface area contributed by atoms with Crippen LogP contribution in [0.25, 0.3) is 0 Å². The molecule has 1 heterocycles. The maximum Gasteiger partial charge on any atom is 0.281 e. The normalized spacial score (nSPS) is 25.1. The van der Waals surface area contributed by atoms with Crippen LogP contribution in [-0.2, 0) is 10.2 Å². The van der Waals surface area contributed by atoms with Crippen molar-refractivity contribution in [1.82, 2.24) is 8.61 Å². The summed E-state index contributed by atoms with van der Waals surface area (Å²) in [5.41, 5.74) is 5.53. The fraction of sp³-hybridized carbons (Fsp3) is 1.00. The standard InChI is InChI=1S/C11H25N3O2S/c1-10-5-4-6-14(9-10)17(15,16)13(3)8-11(2)7-12/h10-11H,4-9,12H2,1-3H3. The molecule has 0 spiro atoms. The first kappa shape index (κ1) is 14.9. The molecule has 2 N–H and O–H groups in total. The van der Waals surface area contributed by atoms with Crippen LogP contribution >= 0.6 is 0 Å². The Bertz CT molecular complexity index is 332. The van der Waals surface area contributed by atoms with Crippen LogP contribution in [0.15, 0.2) is 0 Å². The summed E-state index contributed by atoms with van der Waals surface area (Å²) in [6, 6.07) is 0. The smallest absolute Gasteiger partial charge is 0.281 e. The third-order valence-corrected chi connectivity index (χ3v) is 5.23. The molecular weight excluding hydrogens is 238 g/mol. The molecule has 0 aliphatic carbocycles. The van der Waals surface area contributed by atoms with E-state index in [9.17, 15) is 8.42 Å². The number of nitrogens with zero attached hydrogens (tertiary/aromatic N) is 2. The number of rotatable bonds is 5. The second-order valence-corrected chi connectivity index (χ2v) is 7.27. The lowest BCUT2D eigenvalue weighted by Gasteiger charge is -2.33. The highest BCUT2D eigenvalue weighted by Crippen LogP contribution is 2.20. The van der Waals surface area contributed by atoms with Crippen molar-refractivity contribution >= 4 is 10.2 Å². The topological polar surface area (TPSA) is 66.6 Å². The summed E-state index contributed by atoms with van der Waals surface area (Å²) < 4.78 is 27.6. The molecule has 1 rings (SSSR count). The van der Waals surface area contributed by atoms with E-state index >= 15 is 0 Å². The molecule has 0 saturated carbocycles. The van der Waals surface area contributed by atoms with Crippen LogP contribution in [-0.4, -0.2) is 50.3 Å². The number of piperidine rings is 1. The third-order valence-electron chi connectivity index (χ3n) is 3.31. The first-order valence-corrected chi connectivity index (χ1v) is 7.69. The second-order valence-electron chi connectivity index (χ2n) is 5.23. The molecule has 0 aromatic carbocycles. The van der Waals surface area contributed by atoms with E-state index in [4.69, 9.17) is 5.73 Å². The van der Waals surface area contributed by atoms with Crippen LogP contribution in [0.3, 0.4) is 0 Å². The molecular formula is C11H25N3O2S. The summed E-state index contributed by atoms with van der Waals surface area (Å²) in [6.07, 6.45) is 2.08. The predicted octanol–water partition coefficient (Wildman–Crippen LogP) is 0.490. The fourth-order valence-electron chi connectivity index (χ4n) is 2.16. The molecule has 1 aliphatic heterocycles. The Morgan fingerprint density at radius 2 is 2.18 bits per heavy atom. The SMILES string of the molecule is CC(CN)CN(C)S(=O)(=O)N1CCCC(C)C1. The third kappa shape index (κ3) is 3.91. The zero-order valence-corrected chi connectivity index (χ0v) is 11.9. The van der Waals surface area contributed by atoms with Crippen molar-refractivity contribution in [2.24, 2.45) is 17.6 Å². The van der Waals surface area contributed by atoms with Gasteiger partial charge >= 0.3 is 0 Å². The number of hydrogen-bond acceptors (Lipinski definition) is 3.